The zero-order chi connectivity index (χ0) is 33.8. The summed E-state index contributed by atoms with van der Waals surface area (Å²) in [6.45, 7) is 6.94. The van der Waals surface area contributed by atoms with Gasteiger partial charge in [0, 0.05) is 33.5 Å². The van der Waals surface area contributed by atoms with Gasteiger partial charge in [0.1, 0.15) is 0 Å². The number of hydrogen-bond acceptors (Lipinski definition) is 1. The highest BCUT2D eigenvalue weighted by atomic mass is 15.1. The average Bonchev–Trinajstić information content (AvgIpc) is 3.48. The molecule has 0 N–H and O–H groups in total. The van der Waals surface area contributed by atoms with Crippen LogP contribution < -0.4 is 4.90 Å². The predicted molar refractivity (Wildman–Crippen MR) is 215 cm³/mol. The van der Waals surface area contributed by atoms with Crippen molar-refractivity contribution in [2.45, 2.75) is 26.2 Å². The second kappa shape index (κ2) is 11.8. The minimum atomic E-state index is -0.0156. The van der Waals surface area contributed by atoms with Crippen molar-refractivity contribution in [2.24, 2.45) is 0 Å². The number of rotatable bonds is 5. The summed E-state index contributed by atoms with van der Waals surface area (Å²) >= 11 is 0. The molecule has 0 bridgehead atoms. The summed E-state index contributed by atoms with van der Waals surface area (Å²) in [7, 11) is 0. The first-order chi connectivity index (χ1) is 24.4. The highest BCUT2D eigenvalue weighted by Gasteiger charge is 2.22. The van der Waals surface area contributed by atoms with E-state index in [-0.39, 0.29) is 5.41 Å². The quantitative estimate of drug-likeness (QED) is 0.170. The maximum Gasteiger partial charge on any atom is 0.0542 e. The van der Waals surface area contributed by atoms with Crippen molar-refractivity contribution in [1.29, 1.82) is 0 Å². The zero-order valence-corrected chi connectivity index (χ0v) is 28.6. The fourth-order valence-corrected chi connectivity index (χ4v) is 7.71. The Morgan fingerprint density at radius 2 is 1.02 bits per heavy atom. The van der Waals surface area contributed by atoms with E-state index in [1.165, 1.54) is 60.0 Å². The SMILES string of the molecule is CC(C)(C)c1ccc2cc3ccccc3cc2c1-c1ccc(N(c2ccccc2)c2ccc3c(c2)c2ccccc2n3-c2ccccc2)cc1. The molecule has 0 saturated carbocycles. The summed E-state index contributed by atoms with van der Waals surface area (Å²) in [5, 5.41) is 7.58. The highest BCUT2D eigenvalue weighted by molar-refractivity contribution is 6.11. The van der Waals surface area contributed by atoms with Crippen LogP contribution in [0.4, 0.5) is 17.1 Å². The number of fused-ring (bicyclic) bond motifs is 5. The fraction of sp³-hybridized carbons (Fsp3) is 0.0833. The van der Waals surface area contributed by atoms with E-state index < -0.39 is 0 Å². The van der Waals surface area contributed by atoms with Crippen molar-refractivity contribution in [1.82, 2.24) is 4.57 Å². The molecule has 1 aromatic heterocycles. The summed E-state index contributed by atoms with van der Waals surface area (Å²) in [6, 6.07) is 64.2. The molecule has 8 aromatic carbocycles. The molecular formula is C48H38N2. The molecule has 0 atom stereocenters. The Bertz CT molecular complexity index is 2660. The van der Waals surface area contributed by atoms with Crippen molar-refractivity contribution >= 4 is 60.4 Å². The minimum absolute atomic E-state index is 0.0156. The molecule has 0 radical (unpaired) electrons. The Hall–Kier alpha value is -6.12. The van der Waals surface area contributed by atoms with Gasteiger partial charge in [-0.1, -0.05) is 124 Å². The molecule has 0 spiro atoms. The molecule has 50 heavy (non-hydrogen) atoms. The van der Waals surface area contributed by atoms with Crippen molar-refractivity contribution in [2.75, 3.05) is 4.90 Å². The third-order valence-corrected chi connectivity index (χ3v) is 10.1. The Balaban J connectivity index is 1.21. The van der Waals surface area contributed by atoms with Gasteiger partial charge in [-0.2, -0.15) is 0 Å². The molecule has 9 aromatic rings. The molecule has 0 saturated heterocycles. The van der Waals surface area contributed by atoms with Crippen LogP contribution in [0.3, 0.4) is 0 Å². The lowest BCUT2D eigenvalue weighted by molar-refractivity contribution is 0.593. The average molecular weight is 643 g/mol. The van der Waals surface area contributed by atoms with Crippen LogP contribution in [0.5, 0.6) is 0 Å². The third kappa shape index (κ3) is 5.04. The van der Waals surface area contributed by atoms with E-state index in [9.17, 15) is 0 Å². The molecule has 0 unspecified atom stereocenters. The van der Waals surface area contributed by atoms with Crippen LogP contribution in [-0.2, 0) is 5.41 Å². The van der Waals surface area contributed by atoms with Crippen molar-refractivity contribution in [3.8, 4) is 16.8 Å². The Labute approximate surface area is 293 Å². The van der Waals surface area contributed by atoms with Crippen molar-refractivity contribution in [3.05, 3.63) is 181 Å². The minimum Gasteiger partial charge on any atom is -0.310 e. The van der Waals surface area contributed by atoms with Gasteiger partial charge in [-0.15, -0.1) is 0 Å². The summed E-state index contributed by atoms with van der Waals surface area (Å²) in [4.78, 5) is 2.37. The Morgan fingerprint density at radius 3 is 1.76 bits per heavy atom. The maximum atomic E-state index is 2.38. The van der Waals surface area contributed by atoms with Crippen molar-refractivity contribution < 1.29 is 0 Å². The van der Waals surface area contributed by atoms with Gasteiger partial charge < -0.3 is 9.47 Å². The van der Waals surface area contributed by atoms with Gasteiger partial charge in [0.25, 0.3) is 0 Å². The van der Waals surface area contributed by atoms with E-state index in [4.69, 9.17) is 0 Å². The van der Waals surface area contributed by atoms with Gasteiger partial charge in [-0.3, -0.25) is 0 Å². The number of hydrogen-bond donors (Lipinski definition) is 0. The van der Waals surface area contributed by atoms with E-state index >= 15 is 0 Å². The molecule has 240 valence electrons. The summed E-state index contributed by atoms with van der Waals surface area (Å²) in [6.07, 6.45) is 0. The number of para-hydroxylation sites is 3. The van der Waals surface area contributed by atoms with Crippen molar-refractivity contribution in [3.63, 3.8) is 0 Å². The molecule has 1 heterocycles. The third-order valence-electron chi connectivity index (χ3n) is 10.1. The van der Waals surface area contributed by atoms with Gasteiger partial charge >= 0.3 is 0 Å². The highest BCUT2D eigenvalue weighted by Crippen LogP contribution is 2.43. The monoisotopic (exact) mass is 642 g/mol. The van der Waals surface area contributed by atoms with Gasteiger partial charge in [0.05, 0.1) is 11.0 Å². The summed E-state index contributed by atoms with van der Waals surface area (Å²) < 4.78 is 2.37. The molecule has 9 rings (SSSR count). The lowest BCUT2D eigenvalue weighted by Gasteiger charge is -2.27. The second-order valence-corrected chi connectivity index (χ2v) is 14.3. The maximum absolute atomic E-state index is 2.38. The van der Waals surface area contributed by atoms with Crippen LogP contribution in [0.25, 0.3) is 60.2 Å². The lowest BCUT2D eigenvalue weighted by atomic mass is 9.79. The van der Waals surface area contributed by atoms with Crippen LogP contribution in [0.2, 0.25) is 0 Å². The molecule has 2 nitrogen and oxygen atoms in total. The van der Waals surface area contributed by atoms with Gasteiger partial charge in [-0.05, 0) is 116 Å². The number of aromatic nitrogens is 1. The zero-order valence-electron chi connectivity index (χ0n) is 28.6. The van der Waals surface area contributed by atoms with Crippen LogP contribution in [-0.4, -0.2) is 4.57 Å². The predicted octanol–water partition coefficient (Wildman–Crippen LogP) is 13.5. The second-order valence-electron chi connectivity index (χ2n) is 14.3. The lowest BCUT2D eigenvalue weighted by Crippen LogP contribution is -2.13. The van der Waals surface area contributed by atoms with E-state index in [0.717, 1.165) is 22.7 Å². The van der Waals surface area contributed by atoms with Crippen LogP contribution in [0.1, 0.15) is 26.3 Å². The van der Waals surface area contributed by atoms with E-state index in [1.807, 2.05) is 0 Å². The largest absolute Gasteiger partial charge is 0.310 e. The molecule has 0 aliphatic rings. The molecule has 0 aliphatic heterocycles. The van der Waals surface area contributed by atoms with Gasteiger partial charge in [0.2, 0.25) is 0 Å². The molecule has 0 fully saturated rings. The van der Waals surface area contributed by atoms with Crippen LogP contribution in [0.15, 0.2) is 176 Å². The van der Waals surface area contributed by atoms with Gasteiger partial charge in [0.15, 0.2) is 0 Å². The van der Waals surface area contributed by atoms with E-state index in [1.54, 1.807) is 0 Å². The Morgan fingerprint density at radius 1 is 0.420 bits per heavy atom. The molecule has 0 aliphatic carbocycles. The van der Waals surface area contributed by atoms with Crippen LogP contribution >= 0.6 is 0 Å². The normalized spacial score (nSPS) is 11.9. The summed E-state index contributed by atoms with van der Waals surface area (Å²) in [5.74, 6) is 0. The number of anilines is 3. The molecular weight excluding hydrogens is 605 g/mol. The molecule has 2 heteroatoms. The van der Waals surface area contributed by atoms with Gasteiger partial charge in [-0.25, -0.2) is 0 Å². The first kappa shape index (κ1) is 30.0. The Kier molecular flexibility index (Phi) is 7.07. The number of nitrogens with zero attached hydrogens (tertiary/aromatic N) is 2. The standard InChI is InChI=1S/C48H38N2/c1-48(2,3)44-28-24-36-30-34-14-10-11-15-35(34)31-42(36)47(44)33-22-25-39(26-23-33)49(37-16-6-4-7-17-37)40-27-29-46-43(32-40)41-20-12-13-21-45(41)50(46)38-18-8-5-9-19-38/h4-32H,1-3H3. The number of benzene rings is 8. The van der Waals surface area contributed by atoms with E-state index in [2.05, 4.69) is 206 Å². The first-order valence-corrected chi connectivity index (χ1v) is 17.4. The van der Waals surface area contributed by atoms with Crippen LogP contribution in [0, 0.1) is 0 Å². The first-order valence-electron chi connectivity index (χ1n) is 17.4. The fourth-order valence-electron chi connectivity index (χ4n) is 7.71. The summed E-state index contributed by atoms with van der Waals surface area (Å²) in [5.41, 5.74) is 10.8. The van der Waals surface area contributed by atoms with E-state index in [0.29, 0.717) is 0 Å². The molecule has 0 amide bonds. The smallest absolute Gasteiger partial charge is 0.0542 e. The topological polar surface area (TPSA) is 8.17 Å².